The third-order valence-electron chi connectivity index (χ3n) is 6.18. The third kappa shape index (κ3) is 7.82. The van der Waals surface area contributed by atoms with Crippen LogP contribution in [0.25, 0.3) is 0 Å². The van der Waals surface area contributed by atoms with Crippen LogP contribution >= 0.6 is 7.60 Å². The highest BCUT2D eigenvalue weighted by molar-refractivity contribution is 7.51. The fourth-order valence-corrected chi connectivity index (χ4v) is 4.98. The maximum atomic E-state index is 12.6. The highest BCUT2D eigenvalue weighted by Gasteiger charge is 2.24. The summed E-state index contributed by atoms with van der Waals surface area (Å²) in [4.78, 5) is 30.7. The van der Waals surface area contributed by atoms with E-state index in [9.17, 15) is 9.36 Å². The number of nitrogens with two attached hydrogens (primary N) is 1. The smallest absolute Gasteiger partial charge is 0.325 e. The van der Waals surface area contributed by atoms with E-state index in [1.54, 1.807) is 0 Å². The van der Waals surface area contributed by atoms with Gasteiger partial charge in [0, 0.05) is 24.7 Å². The topological polar surface area (TPSA) is 106 Å². The van der Waals surface area contributed by atoms with Crippen LogP contribution < -0.4 is 5.73 Å². The van der Waals surface area contributed by atoms with Gasteiger partial charge in [-0.1, -0.05) is 38.5 Å². The Morgan fingerprint density at radius 2 is 1.93 bits per heavy atom. The second-order valence-corrected chi connectivity index (χ2v) is 10.7. The number of Topliss-reactive ketones (excluding diaryl/α,β-unsaturated/α-hetero) is 1. The van der Waals surface area contributed by atoms with E-state index in [4.69, 9.17) is 15.5 Å². The predicted octanol–water partition coefficient (Wildman–Crippen LogP) is 4.18. The Labute approximate surface area is 169 Å². The van der Waals surface area contributed by atoms with Crippen LogP contribution in [0, 0.1) is 5.92 Å². The summed E-state index contributed by atoms with van der Waals surface area (Å²) in [6, 6.07) is 3.86. The summed E-state index contributed by atoms with van der Waals surface area (Å²) >= 11 is 0. The van der Waals surface area contributed by atoms with Crippen molar-refractivity contribution in [3.8, 4) is 0 Å². The van der Waals surface area contributed by atoms with Gasteiger partial charge in [0.2, 0.25) is 0 Å². The number of rotatable bonds is 11. The number of aromatic nitrogens is 1. The van der Waals surface area contributed by atoms with Gasteiger partial charge in [-0.05, 0) is 50.7 Å². The average Bonchev–Trinajstić information content (AvgIpc) is 3.00. The Hall–Kier alpha value is -0.940. The Balaban J connectivity index is 1.81. The normalized spacial score (nSPS) is 18.2. The molecule has 4 N–H and O–H groups in total. The van der Waals surface area contributed by atoms with Crippen LogP contribution in [0.1, 0.15) is 87.3 Å². The maximum Gasteiger partial charge on any atom is 0.325 e. The average molecular weight is 413 g/mol. The van der Waals surface area contributed by atoms with Gasteiger partial charge in [0.05, 0.1) is 11.9 Å². The van der Waals surface area contributed by atoms with Crippen molar-refractivity contribution in [3.63, 3.8) is 0 Å². The van der Waals surface area contributed by atoms with Crippen LogP contribution in [-0.2, 0) is 18.0 Å². The first-order valence-electron chi connectivity index (χ1n) is 10.6. The molecule has 1 fully saturated rings. The van der Waals surface area contributed by atoms with Gasteiger partial charge in [-0.25, -0.2) is 0 Å². The molecule has 1 heterocycles. The van der Waals surface area contributed by atoms with Gasteiger partial charge >= 0.3 is 7.60 Å². The molecule has 0 aliphatic heterocycles. The fraction of sp³-hybridized carbons (Fsp3) is 0.762. The number of nitrogens with zero attached hydrogens (tertiary/aromatic N) is 1. The lowest BCUT2D eigenvalue weighted by Gasteiger charge is -2.25. The van der Waals surface area contributed by atoms with E-state index in [0.717, 1.165) is 30.1 Å². The molecule has 7 heteroatoms. The summed E-state index contributed by atoms with van der Waals surface area (Å²) in [5.41, 5.74) is 7.34. The molecule has 0 bridgehead atoms. The molecular formula is C21H37N2O4P. The third-order valence-corrected chi connectivity index (χ3v) is 6.99. The molecule has 1 aliphatic rings. The summed E-state index contributed by atoms with van der Waals surface area (Å²) in [6.45, 7) is 1.82. The number of hydrogen-bond acceptors (Lipinski definition) is 3. The summed E-state index contributed by atoms with van der Waals surface area (Å²) < 4.78 is 13.0. The molecule has 28 heavy (non-hydrogen) atoms. The molecule has 1 atom stereocenters. The van der Waals surface area contributed by atoms with Crippen LogP contribution in [-0.4, -0.2) is 31.8 Å². The molecule has 160 valence electrons. The number of carbonyl (C=O) groups is 1. The van der Waals surface area contributed by atoms with Crippen LogP contribution in [0.3, 0.4) is 0 Å². The summed E-state index contributed by atoms with van der Waals surface area (Å²) in [5.74, 6) is 1.00. The number of ketones is 1. The van der Waals surface area contributed by atoms with Gasteiger partial charge in [-0.15, -0.1) is 0 Å². The van der Waals surface area contributed by atoms with Crippen molar-refractivity contribution in [2.24, 2.45) is 18.7 Å². The highest BCUT2D eigenvalue weighted by atomic mass is 31.2. The molecule has 6 nitrogen and oxygen atoms in total. The minimum atomic E-state index is -4.03. The lowest BCUT2D eigenvalue weighted by Crippen LogP contribution is -2.37. The molecule has 2 rings (SSSR count). The first kappa shape index (κ1) is 23.3. The van der Waals surface area contributed by atoms with Gasteiger partial charge < -0.3 is 20.1 Å². The van der Waals surface area contributed by atoms with Gasteiger partial charge in [0.25, 0.3) is 0 Å². The SMILES string of the molecule is Cn1c(CCC(C)(N)CCP(=O)(O)O)ccc1C(=O)CCCC1CCCCC1. The largest absolute Gasteiger partial charge is 0.345 e. The van der Waals surface area contributed by atoms with E-state index >= 15 is 0 Å². The molecule has 0 aromatic carbocycles. The van der Waals surface area contributed by atoms with Gasteiger partial charge in [-0.3, -0.25) is 9.36 Å². The lowest BCUT2D eigenvalue weighted by atomic mass is 9.85. The van der Waals surface area contributed by atoms with Crippen molar-refractivity contribution < 1.29 is 19.1 Å². The second kappa shape index (κ2) is 10.2. The predicted molar refractivity (Wildman–Crippen MR) is 113 cm³/mol. The van der Waals surface area contributed by atoms with Crippen molar-refractivity contribution in [2.75, 3.05) is 6.16 Å². The number of carbonyl (C=O) groups excluding carboxylic acids is 1. The van der Waals surface area contributed by atoms with Crippen molar-refractivity contribution in [3.05, 3.63) is 23.5 Å². The summed E-state index contributed by atoms with van der Waals surface area (Å²) in [6.07, 6.45) is 10.8. The minimum Gasteiger partial charge on any atom is -0.345 e. The zero-order valence-corrected chi connectivity index (χ0v) is 18.3. The van der Waals surface area contributed by atoms with Gasteiger partial charge in [0.15, 0.2) is 5.78 Å². The van der Waals surface area contributed by atoms with Crippen molar-refractivity contribution in [1.82, 2.24) is 4.57 Å². The number of hydrogen-bond donors (Lipinski definition) is 3. The molecule has 1 saturated carbocycles. The van der Waals surface area contributed by atoms with E-state index < -0.39 is 13.1 Å². The van der Waals surface area contributed by atoms with Gasteiger partial charge in [-0.2, -0.15) is 0 Å². The summed E-state index contributed by atoms with van der Waals surface area (Å²) in [7, 11) is -2.12. The standard InChI is InChI=1S/C21H37N2O4P/c1-21(22,15-16-28(25,26)27)14-13-18-11-12-19(23(18)2)20(24)10-6-9-17-7-4-3-5-8-17/h11-12,17H,3-10,13-16,22H2,1-2H3,(H2,25,26,27). The van der Waals surface area contributed by atoms with E-state index in [2.05, 4.69) is 0 Å². The van der Waals surface area contributed by atoms with Crippen LogP contribution in [0.15, 0.2) is 12.1 Å². The Morgan fingerprint density at radius 3 is 2.57 bits per heavy atom. The van der Waals surface area contributed by atoms with Crippen molar-refractivity contribution in [2.45, 2.75) is 83.1 Å². The molecule has 1 aliphatic carbocycles. The van der Waals surface area contributed by atoms with Crippen LogP contribution in [0.2, 0.25) is 0 Å². The zero-order valence-electron chi connectivity index (χ0n) is 17.4. The van der Waals surface area contributed by atoms with Crippen molar-refractivity contribution >= 4 is 13.4 Å². The van der Waals surface area contributed by atoms with E-state index in [1.165, 1.54) is 32.1 Å². The Bertz CT molecular complexity index is 687. The number of aryl methyl sites for hydroxylation is 1. The van der Waals surface area contributed by atoms with E-state index in [-0.39, 0.29) is 18.4 Å². The first-order valence-corrected chi connectivity index (χ1v) is 12.4. The molecule has 1 aromatic heterocycles. The monoisotopic (exact) mass is 412 g/mol. The molecule has 0 spiro atoms. The quantitative estimate of drug-likeness (QED) is 0.374. The van der Waals surface area contributed by atoms with Gasteiger partial charge in [0.1, 0.15) is 0 Å². The molecule has 1 unspecified atom stereocenters. The van der Waals surface area contributed by atoms with Crippen molar-refractivity contribution in [1.29, 1.82) is 0 Å². The molecule has 0 amide bonds. The Morgan fingerprint density at radius 1 is 1.25 bits per heavy atom. The first-order chi connectivity index (χ1) is 13.1. The molecule has 0 radical (unpaired) electrons. The minimum absolute atomic E-state index is 0.196. The second-order valence-electron chi connectivity index (χ2n) is 8.88. The lowest BCUT2D eigenvalue weighted by molar-refractivity contribution is 0.0968. The molecular weight excluding hydrogens is 375 g/mol. The maximum absolute atomic E-state index is 12.6. The molecule has 0 saturated heterocycles. The van der Waals surface area contributed by atoms with Crippen LogP contribution in [0.5, 0.6) is 0 Å². The molecule has 1 aromatic rings. The van der Waals surface area contributed by atoms with Crippen LogP contribution in [0.4, 0.5) is 0 Å². The highest BCUT2D eigenvalue weighted by Crippen LogP contribution is 2.37. The van der Waals surface area contributed by atoms with E-state index in [1.807, 2.05) is 30.7 Å². The summed E-state index contributed by atoms with van der Waals surface area (Å²) in [5, 5.41) is 0. The zero-order chi connectivity index (χ0) is 20.8. The Kier molecular flexibility index (Phi) is 8.50. The van der Waals surface area contributed by atoms with E-state index in [0.29, 0.717) is 19.3 Å². The fourth-order valence-electron chi connectivity index (χ4n) is 4.18.